The summed E-state index contributed by atoms with van der Waals surface area (Å²) in [7, 11) is 0. The van der Waals surface area contributed by atoms with E-state index in [-0.39, 0.29) is 25.0 Å². The number of hydrogen-bond acceptors (Lipinski definition) is 10. The lowest BCUT2D eigenvalue weighted by Crippen LogP contribution is -2.59. The number of nitrogens with zero attached hydrogens (tertiary/aromatic N) is 3. The van der Waals surface area contributed by atoms with Gasteiger partial charge in [0.25, 0.3) is 0 Å². The fourth-order valence-corrected chi connectivity index (χ4v) is 5.65. The molecular formula is C37H49N7O8. The molecular weight excluding hydrogens is 670 g/mol. The van der Waals surface area contributed by atoms with E-state index >= 15 is 0 Å². The molecule has 52 heavy (non-hydrogen) atoms. The number of hydrazone groups is 1. The second-order valence-electron chi connectivity index (χ2n) is 14.5. The Bertz CT molecular complexity index is 1620. The molecule has 4 rings (SSSR count). The lowest BCUT2D eigenvalue weighted by atomic mass is 9.98. The summed E-state index contributed by atoms with van der Waals surface area (Å²) in [6, 6.07) is 14.7. The number of carbonyl (C=O) groups is 5. The molecule has 2 aromatic rings. The number of carbonyl (C=O) groups excluding carboxylic acids is 5. The second-order valence-corrected chi connectivity index (χ2v) is 14.5. The van der Waals surface area contributed by atoms with Crippen LogP contribution in [0.15, 0.2) is 58.6 Å². The average Bonchev–Trinajstić information content (AvgIpc) is 3.32. The van der Waals surface area contributed by atoms with Gasteiger partial charge in [-0.1, -0.05) is 48.5 Å². The van der Waals surface area contributed by atoms with Gasteiger partial charge in [0.05, 0.1) is 6.04 Å². The van der Waals surface area contributed by atoms with Crippen molar-refractivity contribution in [3.05, 3.63) is 59.7 Å². The first kappa shape index (κ1) is 39.3. The summed E-state index contributed by atoms with van der Waals surface area (Å²) < 4.78 is 16.3. The molecule has 1 aliphatic heterocycles. The molecule has 2 aromatic carbocycles. The Morgan fingerprint density at radius 2 is 1.44 bits per heavy atom. The number of benzene rings is 2. The van der Waals surface area contributed by atoms with E-state index < -0.39 is 53.4 Å². The molecule has 0 saturated carbocycles. The number of guanidine groups is 1. The molecule has 0 unspecified atom stereocenters. The number of hydrogen-bond donors (Lipinski definition) is 4. The van der Waals surface area contributed by atoms with Crippen molar-refractivity contribution in [1.82, 2.24) is 26.3 Å². The van der Waals surface area contributed by atoms with E-state index in [1.807, 2.05) is 36.4 Å². The lowest BCUT2D eigenvalue weighted by Gasteiger charge is -2.39. The third-order valence-corrected chi connectivity index (χ3v) is 7.88. The quantitative estimate of drug-likeness (QED) is 0.0886. The summed E-state index contributed by atoms with van der Waals surface area (Å²) in [4.78, 5) is 68.5. The zero-order valence-electron chi connectivity index (χ0n) is 30.8. The molecule has 15 heteroatoms. The molecule has 2 atom stereocenters. The molecule has 0 radical (unpaired) electrons. The topological polar surface area (TPSA) is 189 Å². The summed E-state index contributed by atoms with van der Waals surface area (Å²) in [5.74, 6) is -1.08. The van der Waals surface area contributed by atoms with Gasteiger partial charge in [0.15, 0.2) is 0 Å². The van der Waals surface area contributed by atoms with Crippen LogP contribution in [0.4, 0.5) is 14.4 Å². The summed E-state index contributed by atoms with van der Waals surface area (Å²) >= 11 is 0. The molecule has 0 spiro atoms. The fraction of sp³-hybridized carbons (Fsp3) is 0.486. The molecule has 1 heterocycles. The maximum Gasteiger partial charge on any atom is 0.414 e. The van der Waals surface area contributed by atoms with Gasteiger partial charge in [0.2, 0.25) is 17.8 Å². The van der Waals surface area contributed by atoms with Crippen molar-refractivity contribution < 1.29 is 38.2 Å². The molecule has 280 valence electrons. The normalized spacial score (nSPS) is 15.7. The van der Waals surface area contributed by atoms with Crippen LogP contribution in [0.25, 0.3) is 11.1 Å². The van der Waals surface area contributed by atoms with Crippen molar-refractivity contribution in [2.45, 2.75) is 96.9 Å². The van der Waals surface area contributed by atoms with Crippen LogP contribution in [0.2, 0.25) is 0 Å². The van der Waals surface area contributed by atoms with Crippen LogP contribution in [0, 0.1) is 0 Å². The van der Waals surface area contributed by atoms with Crippen LogP contribution in [-0.2, 0) is 23.8 Å². The smallest absolute Gasteiger partial charge is 0.414 e. The minimum atomic E-state index is -0.823. The molecule has 5 amide bonds. The Hall–Kier alpha value is -5.47. The number of aliphatic imine (C=N–C) groups is 1. The minimum Gasteiger partial charge on any atom is -0.448 e. The average molecular weight is 720 g/mol. The maximum atomic E-state index is 13.4. The minimum absolute atomic E-state index is 0.108. The molecule has 2 aliphatic rings. The van der Waals surface area contributed by atoms with Crippen LogP contribution in [0.5, 0.6) is 0 Å². The third-order valence-electron chi connectivity index (χ3n) is 7.88. The van der Waals surface area contributed by atoms with Gasteiger partial charge < -0.3 is 19.5 Å². The predicted molar refractivity (Wildman–Crippen MR) is 195 cm³/mol. The van der Waals surface area contributed by atoms with Gasteiger partial charge in [-0.25, -0.2) is 19.8 Å². The molecule has 0 bridgehead atoms. The van der Waals surface area contributed by atoms with Gasteiger partial charge in [0, 0.05) is 32.1 Å². The van der Waals surface area contributed by atoms with Crippen LogP contribution >= 0.6 is 0 Å². The van der Waals surface area contributed by atoms with Crippen molar-refractivity contribution in [3.8, 4) is 11.1 Å². The highest BCUT2D eigenvalue weighted by Gasteiger charge is 2.40. The summed E-state index contributed by atoms with van der Waals surface area (Å²) in [5, 5.41) is 11.7. The number of rotatable bonds is 10. The van der Waals surface area contributed by atoms with Gasteiger partial charge in [0.1, 0.15) is 23.9 Å². The fourth-order valence-electron chi connectivity index (χ4n) is 5.65. The largest absolute Gasteiger partial charge is 0.448 e. The van der Waals surface area contributed by atoms with Crippen molar-refractivity contribution in [3.63, 3.8) is 0 Å². The van der Waals surface area contributed by atoms with Crippen LogP contribution in [0.1, 0.15) is 84.8 Å². The predicted octanol–water partition coefficient (Wildman–Crippen LogP) is 4.80. The Morgan fingerprint density at radius 3 is 1.94 bits per heavy atom. The van der Waals surface area contributed by atoms with Crippen molar-refractivity contribution in [2.75, 3.05) is 19.7 Å². The van der Waals surface area contributed by atoms with Gasteiger partial charge in [-0.15, -0.1) is 0 Å². The standard InChI is InChI=1S/C37H49N7O8/c1-23(45)43-39-21-24(13-12-19-38-32(41-33(47)51-36(2,3)4)42-34(48)52-37(5,6)7)40-31(46)30-18-20-44(30)35(49)50-22-29-27-16-10-8-14-25(27)26-15-9-11-17-28(26)29/h8-11,14-17,21,24,29-30H,12-13,18-20,22H2,1-7H3,(H,40,46)(H,43,45)(H2,38,41,42,47,48)/b39-21+/t24-,30-/m0/s1. The van der Waals surface area contributed by atoms with E-state index in [2.05, 4.69) is 43.6 Å². The van der Waals surface area contributed by atoms with Gasteiger partial charge in [-0.2, -0.15) is 5.10 Å². The van der Waals surface area contributed by atoms with Crippen molar-refractivity contribution in [2.24, 2.45) is 10.1 Å². The van der Waals surface area contributed by atoms with Crippen molar-refractivity contribution in [1.29, 1.82) is 0 Å². The highest BCUT2D eigenvalue weighted by atomic mass is 16.6. The van der Waals surface area contributed by atoms with Crippen molar-refractivity contribution >= 4 is 42.3 Å². The molecule has 1 saturated heterocycles. The molecule has 4 N–H and O–H groups in total. The zero-order valence-corrected chi connectivity index (χ0v) is 30.8. The van der Waals surface area contributed by atoms with Crippen LogP contribution < -0.4 is 21.4 Å². The van der Waals surface area contributed by atoms with E-state index in [1.54, 1.807) is 41.5 Å². The number of fused-ring (bicyclic) bond motifs is 3. The molecule has 1 fully saturated rings. The highest BCUT2D eigenvalue weighted by molar-refractivity contribution is 6.01. The Kier molecular flexibility index (Phi) is 13.0. The second kappa shape index (κ2) is 17.2. The van der Waals surface area contributed by atoms with Crippen LogP contribution in [-0.4, -0.2) is 90.2 Å². The number of amides is 5. The van der Waals surface area contributed by atoms with Gasteiger partial charge in [-0.3, -0.25) is 30.1 Å². The first-order valence-electron chi connectivity index (χ1n) is 17.3. The SMILES string of the molecule is CC(=O)N/N=C/[C@H](CCCN=C(NC(=O)OC(C)(C)C)NC(=O)OC(C)(C)C)NC(=O)[C@@H]1CCN1C(=O)OCC1c2ccccc2-c2ccccc21. The number of ether oxygens (including phenoxy) is 3. The molecule has 15 nitrogen and oxygen atoms in total. The maximum absolute atomic E-state index is 13.4. The Labute approximate surface area is 303 Å². The number of alkyl carbamates (subject to hydrolysis) is 2. The third kappa shape index (κ3) is 11.5. The monoisotopic (exact) mass is 719 g/mol. The van der Waals surface area contributed by atoms with E-state index in [0.717, 1.165) is 22.3 Å². The van der Waals surface area contributed by atoms with Gasteiger partial charge in [-0.05, 0) is 83.1 Å². The molecule has 1 aliphatic carbocycles. The van der Waals surface area contributed by atoms with E-state index in [9.17, 15) is 24.0 Å². The first-order valence-corrected chi connectivity index (χ1v) is 17.3. The van der Waals surface area contributed by atoms with Crippen LogP contribution in [0.3, 0.4) is 0 Å². The van der Waals surface area contributed by atoms with E-state index in [1.165, 1.54) is 18.0 Å². The van der Waals surface area contributed by atoms with E-state index in [4.69, 9.17) is 14.2 Å². The molecule has 0 aromatic heterocycles. The number of nitrogens with one attached hydrogen (secondary N) is 4. The Morgan fingerprint density at radius 1 is 0.885 bits per heavy atom. The summed E-state index contributed by atoms with van der Waals surface area (Å²) in [5.41, 5.74) is 5.16. The number of likely N-dealkylation sites (tertiary alicyclic amines) is 1. The lowest BCUT2D eigenvalue weighted by molar-refractivity contribution is -0.130. The summed E-state index contributed by atoms with van der Waals surface area (Å²) in [6.07, 6.45) is 0.278. The van der Waals surface area contributed by atoms with Gasteiger partial charge >= 0.3 is 18.3 Å². The summed E-state index contributed by atoms with van der Waals surface area (Å²) in [6.45, 7) is 12.1. The van der Waals surface area contributed by atoms with E-state index in [0.29, 0.717) is 25.8 Å². The Balaban J connectivity index is 1.35. The zero-order chi connectivity index (χ0) is 38.1. The first-order chi connectivity index (χ1) is 24.5. The highest BCUT2D eigenvalue weighted by Crippen LogP contribution is 2.44.